The number of rotatable bonds is 6. The Bertz CT molecular complexity index is 556. The van der Waals surface area contributed by atoms with E-state index >= 15 is 0 Å². The Morgan fingerprint density at radius 2 is 1.85 bits per heavy atom. The second-order valence-corrected chi connectivity index (χ2v) is 4.30. The summed E-state index contributed by atoms with van der Waals surface area (Å²) in [5.41, 5.74) is 1.97. The Labute approximate surface area is 119 Å². The lowest BCUT2D eigenvalue weighted by atomic mass is 10.2. The predicted molar refractivity (Wildman–Crippen MR) is 77.2 cm³/mol. The molecular formula is C15H19N3O2. The molecule has 0 bridgehead atoms. The Morgan fingerprint density at radius 3 is 2.45 bits per heavy atom. The summed E-state index contributed by atoms with van der Waals surface area (Å²) >= 11 is 0. The van der Waals surface area contributed by atoms with Crippen LogP contribution in [0, 0.1) is 6.92 Å². The van der Waals surface area contributed by atoms with Gasteiger partial charge in [-0.25, -0.2) is 4.98 Å². The molecule has 106 valence electrons. The molecule has 0 unspecified atom stereocenters. The van der Waals surface area contributed by atoms with Gasteiger partial charge in [-0.05, 0) is 45.2 Å². The molecule has 0 fully saturated rings. The highest BCUT2D eigenvalue weighted by Gasteiger charge is 2.05. The van der Waals surface area contributed by atoms with Gasteiger partial charge < -0.3 is 14.8 Å². The van der Waals surface area contributed by atoms with Crippen molar-refractivity contribution in [1.29, 1.82) is 0 Å². The monoisotopic (exact) mass is 273 g/mol. The van der Waals surface area contributed by atoms with Crippen molar-refractivity contribution < 1.29 is 9.47 Å². The van der Waals surface area contributed by atoms with Crippen LogP contribution in [0.1, 0.15) is 18.2 Å². The number of benzene rings is 1. The van der Waals surface area contributed by atoms with Crippen LogP contribution in [0.5, 0.6) is 17.5 Å². The van der Waals surface area contributed by atoms with E-state index in [4.69, 9.17) is 9.47 Å². The smallest absolute Gasteiger partial charge is 0.322 e. The molecular weight excluding hydrogens is 254 g/mol. The maximum absolute atomic E-state index is 5.63. The topological polar surface area (TPSA) is 56.3 Å². The van der Waals surface area contributed by atoms with Crippen molar-refractivity contribution in [3.63, 3.8) is 0 Å². The molecule has 2 rings (SSSR count). The van der Waals surface area contributed by atoms with Crippen LogP contribution in [-0.2, 0) is 6.54 Å². The fraction of sp³-hybridized carbons (Fsp3) is 0.333. The lowest BCUT2D eigenvalue weighted by Gasteiger charge is -2.08. The number of aryl methyl sites for hydroxylation is 1. The molecule has 0 radical (unpaired) electrons. The lowest BCUT2D eigenvalue weighted by Crippen LogP contribution is -2.08. The van der Waals surface area contributed by atoms with Crippen LogP contribution >= 0.6 is 0 Å². The highest BCUT2D eigenvalue weighted by atomic mass is 16.5. The normalized spacial score (nSPS) is 10.3. The van der Waals surface area contributed by atoms with Crippen LogP contribution in [0.2, 0.25) is 0 Å². The Morgan fingerprint density at radius 1 is 1.15 bits per heavy atom. The second kappa shape index (κ2) is 6.86. The van der Waals surface area contributed by atoms with E-state index in [-0.39, 0.29) is 0 Å². The van der Waals surface area contributed by atoms with Crippen LogP contribution in [0.25, 0.3) is 0 Å². The van der Waals surface area contributed by atoms with Crippen LogP contribution < -0.4 is 14.8 Å². The molecule has 1 aromatic heterocycles. The summed E-state index contributed by atoms with van der Waals surface area (Å²) < 4.78 is 11.0. The van der Waals surface area contributed by atoms with E-state index in [1.807, 2.05) is 45.2 Å². The quantitative estimate of drug-likeness (QED) is 0.877. The van der Waals surface area contributed by atoms with E-state index < -0.39 is 0 Å². The van der Waals surface area contributed by atoms with E-state index in [2.05, 4.69) is 15.3 Å². The van der Waals surface area contributed by atoms with E-state index in [1.54, 1.807) is 6.20 Å². The van der Waals surface area contributed by atoms with Crippen LogP contribution in [0.4, 0.5) is 0 Å². The largest absolute Gasteiger partial charge is 0.494 e. The van der Waals surface area contributed by atoms with Crippen molar-refractivity contribution in [3.05, 3.63) is 41.7 Å². The minimum atomic E-state index is 0.353. The molecule has 0 aliphatic heterocycles. The molecule has 0 aliphatic carbocycles. The minimum absolute atomic E-state index is 0.353. The van der Waals surface area contributed by atoms with Gasteiger partial charge in [-0.15, -0.1) is 0 Å². The second-order valence-electron chi connectivity index (χ2n) is 4.30. The molecule has 20 heavy (non-hydrogen) atoms. The fourth-order valence-electron chi connectivity index (χ4n) is 1.76. The number of ether oxygens (including phenoxy) is 2. The predicted octanol–water partition coefficient (Wildman–Crippen LogP) is 2.70. The van der Waals surface area contributed by atoms with Gasteiger partial charge in [0.25, 0.3) is 0 Å². The first-order valence-corrected chi connectivity index (χ1v) is 6.60. The van der Waals surface area contributed by atoms with Gasteiger partial charge in [-0.1, -0.05) is 0 Å². The number of nitrogens with zero attached hydrogens (tertiary/aromatic N) is 2. The molecule has 0 spiro atoms. The van der Waals surface area contributed by atoms with Crippen LogP contribution in [0.15, 0.2) is 30.5 Å². The SMILES string of the molecule is CCOc1ccc(Oc2ncc(CNC)c(C)n2)cc1. The highest BCUT2D eigenvalue weighted by molar-refractivity contribution is 5.33. The Balaban J connectivity index is 2.07. The van der Waals surface area contributed by atoms with Gasteiger partial charge in [0, 0.05) is 24.0 Å². The number of aromatic nitrogens is 2. The van der Waals surface area contributed by atoms with E-state index in [9.17, 15) is 0 Å². The standard InChI is InChI=1S/C15H19N3O2/c1-4-19-13-5-7-14(8-6-13)20-15-17-10-12(9-16-3)11(2)18-15/h5-8,10,16H,4,9H2,1-3H3. The first-order valence-electron chi connectivity index (χ1n) is 6.60. The third-order valence-corrected chi connectivity index (χ3v) is 2.77. The van der Waals surface area contributed by atoms with Gasteiger partial charge in [0.2, 0.25) is 0 Å². The number of hydrogen-bond donors (Lipinski definition) is 1. The van der Waals surface area contributed by atoms with Gasteiger partial charge in [-0.2, -0.15) is 4.98 Å². The molecule has 5 heteroatoms. The zero-order valence-corrected chi connectivity index (χ0v) is 12.0. The van der Waals surface area contributed by atoms with Crippen molar-refractivity contribution >= 4 is 0 Å². The first-order chi connectivity index (χ1) is 9.72. The van der Waals surface area contributed by atoms with Crippen molar-refractivity contribution in [2.24, 2.45) is 0 Å². The molecule has 1 aromatic carbocycles. The third kappa shape index (κ3) is 3.68. The van der Waals surface area contributed by atoms with Gasteiger partial charge in [-0.3, -0.25) is 0 Å². The summed E-state index contributed by atoms with van der Waals surface area (Å²) in [5.74, 6) is 1.51. The minimum Gasteiger partial charge on any atom is -0.494 e. The van der Waals surface area contributed by atoms with Crippen LogP contribution in [-0.4, -0.2) is 23.6 Å². The van der Waals surface area contributed by atoms with Crippen molar-refractivity contribution in [3.8, 4) is 17.5 Å². The van der Waals surface area contributed by atoms with Gasteiger partial charge >= 0.3 is 6.01 Å². The Kier molecular flexibility index (Phi) is 4.90. The molecule has 1 heterocycles. The zero-order valence-electron chi connectivity index (χ0n) is 12.0. The molecule has 0 saturated heterocycles. The average Bonchev–Trinajstić information content (AvgIpc) is 2.44. The molecule has 0 aliphatic rings. The van der Waals surface area contributed by atoms with Gasteiger partial charge in [0.05, 0.1) is 6.61 Å². The number of nitrogens with one attached hydrogen (secondary N) is 1. The molecule has 0 amide bonds. The molecule has 2 aromatic rings. The summed E-state index contributed by atoms with van der Waals surface area (Å²) in [7, 11) is 1.89. The molecule has 0 atom stereocenters. The van der Waals surface area contributed by atoms with E-state index in [0.29, 0.717) is 18.4 Å². The maximum atomic E-state index is 5.63. The molecule has 1 N–H and O–H groups in total. The van der Waals surface area contributed by atoms with E-state index in [1.165, 1.54) is 0 Å². The van der Waals surface area contributed by atoms with Gasteiger partial charge in [0.1, 0.15) is 11.5 Å². The highest BCUT2D eigenvalue weighted by Crippen LogP contribution is 2.21. The fourth-order valence-corrected chi connectivity index (χ4v) is 1.76. The van der Waals surface area contributed by atoms with Gasteiger partial charge in [0.15, 0.2) is 0 Å². The summed E-state index contributed by atoms with van der Waals surface area (Å²) in [6.45, 7) is 5.29. The van der Waals surface area contributed by atoms with Crippen molar-refractivity contribution in [1.82, 2.24) is 15.3 Å². The summed E-state index contributed by atoms with van der Waals surface area (Å²) in [6.07, 6.45) is 1.78. The average molecular weight is 273 g/mol. The summed E-state index contributed by atoms with van der Waals surface area (Å²) in [6, 6.07) is 7.75. The first kappa shape index (κ1) is 14.3. The van der Waals surface area contributed by atoms with E-state index in [0.717, 1.165) is 23.6 Å². The molecule has 5 nitrogen and oxygen atoms in total. The zero-order chi connectivity index (χ0) is 14.4. The van der Waals surface area contributed by atoms with Crippen molar-refractivity contribution in [2.75, 3.05) is 13.7 Å². The maximum Gasteiger partial charge on any atom is 0.322 e. The van der Waals surface area contributed by atoms with Crippen molar-refractivity contribution in [2.45, 2.75) is 20.4 Å². The third-order valence-electron chi connectivity index (χ3n) is 2.77. The lowest BCUT2D eigenvalue weighted by molar-refractivity contribution is 0.339. The van der Waals surface area contributed by atoms with Crippen LogP contribution in [0.3, 0.4) is 0 Å². The Hall–Kier alpha value is -2.14. The number of hydrogen-bond acceptors (Lipinski definition) is 5. The summed E-state index contributed by atoms with van der Waals surface area (Å²) in [5, 5.41) is 3.08. The molecule has 0 saturated carbocycles. The summed E-state index contributed by atoms with van der Waals surface area (Å²) in [4.78, 5) is 8.55.